The number of benzene rings is 1. The third-order valence-corrected chi connectivity index (χ3v) is 3.93. The number of carbonyl (C=O) groups is 2. The highest BCUT2D eigenvalue weighted by molar-refractivity contribution is 5.95. The molecule has 0 unspecified atom stereocenters. The number of carboxylic acid groups (broad SMARTS) is 1. The number of rotatable bonds is 2. The molecule has 0 bridgehead atoms. The van der Waals surface area contributed by atoms with E-state index in [1.807, 2.05) is 6.92 Å². The van der Waals surface area contributed by atoms with Crippen LogP contribution in [0.2, 0.25) is 0 Å². The summed E-state index contributed by atoms with van der Waals surface area (Å²) >= 11 is 0. The zero-order valence-electron chi connectivity index (χ0n) is 11.8. The van der Waals surface area contributed by atoms with Gasteiger partial charge in [0, 0.05) is 25.8 Å². The lowest BCUT2D eigenvalue weighted by Gasteiger charge is -2.14. The number of hydrogen-bond acceptors (Lipinski definition) is 3. The van der Waals surface area contributed by atoms with E-state index in [1.54, 1.807) is 41.0 Å². The van der Waals surface area contributed by atoms with Gasteiger partial charge in [0.25, 0.3) is 5.91 Å². The minimum Gasteiger partial charge on any atom is -0.478 e. The molecule has 1 aromatic carbocycles. The van der Waals surface area contributed by atoms with E-state index in [1.165, 1.54) is 0 Å². The number of carboxylic acids is 1. The Labute approximate surface area is 121 Å². The fraction of sp³-hybridized carbons (Fsp3) is 0.267. The Hall–Kier alpha value is -2.63. The molecule has 1 N–H and O–H groups in total. The lowest BCUT2D eigenvalue weighted by molar-refractivity contribution is 0.0696. The Morgan fingerprint density at radius 1 is 1.24 bits per heavy atom. The largest absolute Gasteiger partial charge is 0.478 e. The first kappa shape index (κ1) is 13.4. The minimum absolute atomic E-state index is 0.0753. The molecule has 2 heterocycles. The summed E-state index contributed by atoms with van der Waals surface area (Å²) in [6.45, 7) is 2.79. The molecule has 3 rings (SSSR count). The van der Waals surface area contributed by atoms with Gasteiger partial charge in [-0.15, -0.1) is 0 Å². The summed E-state index contributed by atoms with van der Waals surface area (Å²) in [5.41, 5.74) is 3.55. The normalized spacial score (nSPS) is 13.3. The Bertz CT molecular complexity index is 749. The van der Waals surface area contributed by atoms with E-state index in [0.717, 1.165) is 16.8 Å². The SMILES string of the molecule is Cc1c(C(=O)N2Cc3ccc(C(=O)O)cc3C2)cnn1C. The molecule has 1 amide bonds. The molecular weight excluding hydrogens is 270 g/mol. The predicted molar refractivity (Wildman–Crippen MR) is 74.9 cm³/mol. The molecule has 2 aromatic rings. The van der Waals surface area contributed by atoms with Gasteiger partial charge >= 0.3 is 5.97 Å². The second-order valence-electron chi connectivity index (χ2n) is 5.22. The number of amides is 1. The number of fused-ring (bicyclic) bond motifs is 1. The predicted octanol–water partition coefficient (Wildman–Crippen LogP) is 1.58. The van der Waals surface area contributed by atoms with Gasteiger partial charge in [-0.2, -0.15) is 5.10 Å². The molecular formula is C15H15N3O3. The summed E-state index contributed by atoms with van der Waals surface area (Å²) in [6.07, 6.45) is 1.57. The van der Waals surface area contributed by atoms with E-state index in [-0.39, 0.29) is 11.5 Å². The van der Waals surface area contributed by atoms with Crippen LogP contribution in [0.5, 0.6) is 0 Å². The highest BCUT2D eigenvalue weighted by Gasteiger charge is 2.27. The first-order valence-corrected chi connectivity index (χ1v) is 6.60. The van der Waals surface area contributed by atoms with Gasteiger partial charge in [-0.3, -0.25) is 9.48 Å². The lowest BCUT2D eigenvalue weighted by atomic mass is 10.1. The summed E-state index contributed by atoms with van der Waals surface area (Å²) in [7, 11) is 1.80. The van der Waals surface area contributed by atoms with Crippen LogP contribution >= 0.6 is 0 Å². The van der Waals surface area contributed by atoms with E-state index < -0.39 is 5.97 Å². The second kappa shape index (κ2) is 4.73. The van der Waals surface area contributed by atoms with Crippen LogP contribution in [0.1, 0.15) is 37.5 Å². The second-order valence-corrected chi connectivity index (χ2v) is 5.22. The van der Waals surface area contributed by atoms with Crippen LogP contribution < -0.4 is 0 Å². The number of carbonyl (C=O) groups excluding carboxylic acids is 1. The van der Waals surface area contributed by atoms with E-state index >= 15 is 0 Å². The molecule has 1 aliphatic rings. The zero-order valence-corrected chi connectivity index (χ0v) is 11.8. The van der Waals surface area contributed by atoms with E-state index in [4.69, 9.17) is 5.11 Å². The molecule has 0 atom stereocenters. The summed E-state index contributed by atoms with van der Waals surface area (Å²) in [4.78, 5) is 25.2. The quantitative estimate of drug-likeness (QED) is 0.909. The molecule has 0 spiro atoms. The Morgan fingerprint density at radius 2 is 1.95 bits per heavy atom. The van der Waals surface area contributed by atoms with Crippen molar-refractivity contribution < 1.29 is 14.7 Å². The van der Waals surface area contributed by atoms with Crippen molar-refractivity contribution in [2.75, 3.05) is 0 Å². The van der Waals surface area contributed by atoms with Gasteiger partial charge < -0.3 is 10.0 Å². The average Bonchev–Trinajstić information content (AvgIpc) is 3.02. The van der Waals surface area contributed by atoms with Crippen LogP contribution in [0, 0.1) is 6.92 Å². The van der Waals surface area contributed by atoms with Gasteiger partial charge in [0.1, 0.15) is 0 Å². The van der Waals surface area contributed by atoms with E-state index in [0.29, 0.717) is 18.7 Å². The van der Waals surface area contributed by atoms with Crippen molar-refractivity contribution in [3.05, 3.63) is 52.3 Å². The molecule has 1 aliphatic heterocycles. The van der Waals surface area contributed by atoms with E-state index in [2.05, 4.69) is 5.10 Å². The third kappa shape index (κ3) is 2.18. The van der Waals surface area contributed by atoms with Crippen molar-refractivity contribution in [2.45, 2.75) is 20.0 Å². The van der Waals surface area contributed by atoms with Gasteiger partial charge in [-0.05, 0) is 30.2 Å². The lowest BCUT2D eigenvalue weighted by Crippen LogP contribution is -2.25. The summed E-state index contributed by atoms with van der Waals surface area (Å²) in [5.74, 6) is -1.03. The number of nitrogens with zero attached hydrogens (tertiary/aromatic N) is 3. The maximum Gasteiger partial charge on any atom is 0.335 e. The topological polar surface area (TPSA) is 75.4 Å². The maximum atomic E-state index is 12.5. The third-order valence-electron chi connectivity index (χ3n) is 3.93. The minimum atomic E-state index is -0.953. The average molecular weight is 285 g/mol. The van der Waals surface area contributed by atoms with Crippen molar-refractivity contribution in [2.24, 2.45) is 7.05 Å². The van der Waals surface area contributed by atoms with Crippen LogP contribution in [-0.4, -0.2) is 31.7 Å². The maximum absolute atomic E-state index is 12.5. The number of aromatic nitrogens is 2. The molecule has 1 aromatic heterocycles. The van der Waals surface area contributed by atoms with Crippen molar-refractivity contribution in [3.63, 3.8) is 0 Å². The number of hydrogen-bond donors (Lipinski definition) is 1. The van der Waals surface area contributed by atoms with Gasteiger partial charge in [-0.25, -0.2) is 4.79 Å². The fourth-order valence-electron chi connectivity index (χ4n) is 2.55. The van der Waals surface area contributed by atoms with Gasteiger partial charge in [0.05, 0.1) is 17.3 Å². The molecule has 0 saturated carbocycles. The van der Waals surface area contributed by atoms with Gasteiger partial charge in [0.15, 0.2) is 0 Å². The molecule has 0 radical (unpaired) electrons. The van der Waals surface area contributed by atoms with Gasteiger partial charge in [-0.1, -0.05) is 6.07 Å². The molecule has 108 valence electrons. The zero-order chi connectivity index (χ0) is 15.1. The van der Waals surface area contributed by atoms with Crippen LogP contribution in [0.25, 0.3) is 0 Å². The fourth-order valence-corrected chi connectivity index (χ4v) is 2.55. The highest BCUT2D eigenvalue weighted by Crippen LogP contribution is 2.26. The van der Waals surface area contributed by atoms with Crippen molar-refractivity contribution >= 4 is 11.9 Å². The summed E-state index contributed by atoms with van der Waals surface area (Å²) < 4.78 is 1.67. The van der Waals surface area contributed by atoms with Crippen molar-refractivity contribution in [3.8, 4) is 0 Å². The molecule has 0 fully saturated rings. The van der Waals surface area contributed by atoms with Crippen LogP contribution in [-0.2, 0) is 20.1 Å². The number of aromatic carboxylic acids is 1. The standard InChI is InChI=1S/C15H15N3O3/c1-9-13(6-16-17(9)2)14(19)18-7-11-4-3-10(15(20)21)5-12(11)8-18/h3-6H,7-8H2,1-2H3,(H,20,21). The summed E-state index contributed by atoms with van der Waals surface area (Å²) in [5, 5.41) is 13.1. The van der Waals surface area contributed by atoms with Crippen molar-refractivity contribution in [1.29, 1.82) is 0 Å². The molecule has 0 aliphatic carbocycles. The first-order chi connectivity index (χ1) is 9.97. The molecule has 0 saturated heterocycles. The van der Waals surface area contributed by atoms with E-state index in [9.17, 15) is 9.59 Å². The molecule has 6 heteroatoms. The molecule has 21 heavy (non-hydrogen) atoms. The smallest absolute Gasteiger partial charge is 0.335 e. The van der Waals surface area contributed by atoms with Crippen molar-refractivity contribution in [1.82, 2.24) is 14.7 Å². The monoisotopic (exact) mass is 285 g/mol. The Balaban J connectivity index is 1.86. The van der Waals surface area contributed by atoms with Crippen LogP contribution in [0.15, 0.2) is 24.4 Å². The Kier molecular flexibility index (Phi) is 3.01. The van der Waals surface area contributed by atoms with Gasteiger partial charge in [0.2, 0.25) is 0 Å². The highest BCUT2D eigenvalue weighted by atomic mass is 16.4. The number of aryl methyl sites for hydroxylation is 1. The molecule has 6 nitrogen and oxygen atoms in total. The van der Waals surface area contributed by atoms with Crippen LogP contribution in [0.4, 0.5) is 0 Å². The Morgan fingerprint density at radius 3 is 2.57 bits per heavy atom. The van der Waals surface area contributed by atoms with Crippen LogP contribution in [0.3, 0.4) is 0 Å². The summed E-state index contributed by atoms with van der Waals surface area (Å²) in [6, 6.07) is 4.99. The first-order valence-electron chi connectivity index (χ1n) is 6.60.